The zero-order valence-electron chi connectivity index (χ0n) is 10.7. The number of benzene rings is 1. The number of nitrogen functional groups attached to an aromatic ring is 1. The molecule has 0 unspecified atom stereocenters. The summed E-state index contributed by atoms with van der Waals surface area (Å²) in [5, 5.41) is 6.01. The van der Waals surface area contributed by atoms with Gasteiger partial charge in [-0.25, -0.2) is 0 Å². The van der Waals surface area contributed by atoms with Gasteiger partial charge in [-0.15, -0.1) is 0 Å². The molecule has 17 heavy (non-hydrogen) atoms. The summed E-state index contributed by atoms with van der Waals surface area (Å²) < 4.78 is 0. The molecule has 0 heterocycles. The Labute approximate surface area is 103 Å². The molecule has 0 atom stereocenters. The van der Waals surface area contributed by atoms with Gasteiger partial charge < -0.3 is 16.4 Å². The molecular formula is C13H21N3O. The molecule has 1 aromatic rings. The maximum absolute atomic E-state index is 11.7. The second-order valence-corrected chi connectivity index (χ2v) is 4.44. The van der Waals surface area contributed by atoms with E-state index in [0.29, 0.717) is 23.7 Å². The molecular weight excluding hydrogens is 214 g/mol. The monoisotopic (exact) mass is 235 g/mol. The van der Waals surface area contributed by atoms with E-state index in [0.717, 1.165) is 12.2 Å². The molecule has 0 saturated carbocycles. The molecule has 0 radical (unpaired) electrons. The van der Waals surface area contributed by atoms with Crippen molar-refractivity contribution in [3.8, 4) is 0 Å². The summed E-state index contributed by atoms with van der Waals surface area (Å²) in [6.45, 7) is 7.60. The van der Waals surface area contributed by atoms with Crippen LogP contribution in [0.1, 0.15) is 31.1 Å². The number of rotatable bonds is 5. The van der Waals surface area contributed by atoms with Gasteiger partial charge in [0.2, 0.25) is 0 Å². The summed E-state index contributed by atoms with van der Waals surface area (Å²) in [7, 11) is 0. The Hall–Kier alpha value is -1.71. The lowest BCUT2D eigenvalue weighted by Crippen LogP contribution is -2.23. The number of carbonyl (C=O) groups excluding carboxylic acids is 1. The smallest absolute Gasteiger partial charge is 0.251 e. The Kier molecular flexibility index (Phi) is 4.82. The van der Waals surface area contributed by atoms with Gasteiger partial charge in [0.1, 0.15) is 0 Å². The minimum absolute atomic E-state index is 0.0694. The van der Waals surface area contributed by atoms with Crippen molar-refractivity contribution in [2.75, 3.05) is 24.1 Å². The van der Waals surface area contributed by atoms with E-state index in [9.17, 15) is 4.79 Å². The summed E-state index contributed by atoms with van der Waals surface area (Å²) in [5.74, 6) is 0.461. The van der Waals surface area contributed by atoms with Crippen LogP contribution in [0, 0.1) is 5.92 Å². The van der Waals surface area contributed by atoms with Crippen molar-refractivity contribution in [2.24, 2.45) is 5.92 Å². The molecule has 0 aliphatic rings. The average Bonchev–Trinajstić information content (AvgIpc) is 2.28. The van der Waals surface area contributed by atoms with E-state index in [1.807, 2.05) is 6.92 Å². The van der Waals surface area contributed by atoms with Gasteiger partial charge in [0.05, 0.1) is 11.4 Å². The molecule has 0 aliphatic heterocycles. The molecule has 1 rings (SSSR count). The Bertz CT molecular complexity index is 388. The molecule has 1 aromatic carbocycles. The molecule has 0 fully saturated rings. The molecule has 0 spiro atoms. The van der Waals surface area contributed by atoms with Crippen molar-refractivity contribution in [1.82, 2.24) is 5.32 Å². The van der Waals surface area contributed by atoms with Gasteiger partial charge in [-0.1, -0.05) is 13.8 Å². The highest BCUT2D eigenvalue weighted by molar-refractivity contribution is 5.96. The molecule has 0 aliphatic carbocycles. The minimum Gasteiger partial charge on any atom is -0.397 e. The third kappa shape index (κ3) is 3.98. The SMILES string of the molecule is CCNC(=O)c1ccc(N)c(NCC(C)C)c1. The molecule has 0 bridgehead atoms. The van der Waals surface area contributed by atoms with Gasteiger partial charge in [0.15, 0.2) is 0 Å². The fourth-order valence-electron chi connectivity index (χ4n) is 1.43. The van der Waals surface area contributed by atoms with Gasteiger partial charge in [0.25, 0.3) is 5.91 Å². The quantitative estimate of drug-likeness (QED) is 0.684. The van der Waals surface area contributed by atoms with Crippen molar-refractivity contribution in [3.63, 3.8) is 0 Å². The Balaban J connectivity index is 2.82. The number of carbonyl (C=O) groups is 1. The van der Waals surface area contributed by atoms with Crippen LogP contribution in [0.5, 0.6) is 0 Å². The van der Waals surface area contributed by atoms with Crippen LogP contribution in [0.2, 0.25) is 0 Å². The first-order valence-corrected chi connectivity index (χ1v) is 5.96. The normalized spacial score (nSPS) is 10.4. The lowest BCUT2D eigenvalue weighted by molar-refractivity contribution is 0.0956. The second kappa shape index (κ2) is 6.13. The first kappa shape index (κ1) is 13.4. The zero-order chi connectivity index (χ0) is 12.8. The first-order valence-electron chi connectivity index (χ1n) is 5.96. The number of nitrogens with two attached hydrogens (primary N) is 1. The summed E-state index contributed by atoms with van der Waals surface area (Å²) in [5.41, 5.74) is 7.97. The van der Waals surface area contributed by atoms with Crippen molar-refractivity contribution >= 4 is 17.3 Å². The lowest BCUT2D eigenvalue weighted by Gasteiger charge is -2.12. The predicted octanol–water partition coefficient (Wildman–Crippen LogP) is 2.09. The van der Waals surface area contributed by atoms with Crippen LogP contribution < -0.4 is 16.4 Å². The van der Waals surface area contributed by atoms with E-state index in [2.05, 4.69) is 24.5 Å². The van der Waals surface area contributed by atoms with Gasteiger partial charge in [0, 0.05) is 18.7 Å². The molecule has 1 amide bonds. The average molecular weight is 235 g/mol. The van der Waals surface area contributed by atoms with Gasteiger partial charge in [-0.05, 0) is 31.0 Å². The van der Waals surface area contributed by atoms with E-state index in [1.165, 1.54) is 0 Å². The molecule has 0 saturated heterocycles. The number of nitrogens with one attached hydrogen (secondary N) is 2. The third-order valence-electron chi connectivity index (χ3n) is 2.35. The van der Waals surface area contributed by atoms with Crippen LogP contribution in [0.15, 0.2) is 18.2 Å². The van der Waals surface area contributed by atoms with Crippen LogP contribution in [-0.4, -0.2) is 19.0 Å². The summed E-state index contributed by atoms with van der Waals surface area (Å²) >= 11 is 0. The van der Waals surface area contributed by atoms with Crippen LogP contribution in [0.25, 0.3) is 0 Å². The van der Waals surface area contributed by atoms with Crippen LogP contribution in [0.4, 0.5) is 11.4 Å². The minimum atomic E-state index is -0.0694. The number of anilines is 2. The van der Waals surface area contributed by atoms with E-state index < -0.39 is 0 Å². The van der Waals surface area contributed by atoms with Gasteiger partial charge >= 0.3 is 0 Å². The van der Waals surface area contributed by atoms with Gasteiger partial charge in [-0.3, -0.25) is 4.79 Å². The topological polar surface area (TPSA) is 67.2 Å². The van der Waals surface area contributed by atoms with Crippen LogP contribution in [-0.2, 0) is 0 Å². The highest BCUT2D eigenvalue weighted by Gasteiger charge is 2.07. The molecule has 0 aromatic heterocycles. The largest absolute Gasteiger partial charge is 0.397 e. The Morgan fingerprint density at radius 3 is 2.71 bits per heavy atom. The van der Waals surface area contributed by atoms with Crippen molar-refractivity contribution in [1.29, 1.82) is 0 Å². The Morgan fingerprint density at radius 1 is 1.41 bits per heavy atom. The highest BCUT2D eigenvalue weighted by atomic mass is 16.1. The van der Waals surface area contributed by atoms with Crippen molar-refractivity contribution in [3.05, 3.63) is 23.8 Å². The van der Waals surface area contributed by atoms with Crippen molar-refractivity contribution in [2.45, 2.75) is 20.8 Å². The number of hydrogen-bond donors (Lipinski definition) is 3. The number of hydrogen-bond acceptors (Lipinski definition) is 3. The maximum Gasteiger partial charge on any atom is 0.251 e. The maximum atomic E-state index is 11.7. The standard InChI is InChI=1S/C13H21N3O/c1-4-15-13(17)10-5-6-11(14)12(7-10)16-8-9(2)3/h5-7,9,16H,4,8,14H2,1-3H3,(H,15,17). The lowest BCUT2D eigenvalue weighted by atomic mass is 10.1. The highest BCUT2D eigenvalue weighted by Crippen LogP contribution is 2.20. The molecule has 4 heteroatoms. The third-order valence-corrected chi connectivity index (χ3v) is 2.35. The summed E-state index contributed by atoms with van der Waals surface area (Å²) in [4.78, 5) is 11.7. The first-order chi connectivity index (χ1) is 8.04. The molecule has 94 valence electrons. The van der Waals surface area contributed by atoms with E-state index in [1.54, 1.807) is 18.2 Å². The van der Waals surface area contributed by atoms with Crippen molar-refractivity contribution < 1.29 is 4.79 Å². The number of amides is 1. The molecule has 4 nitrogen and oxygen atoms in total. The summed E-state index contributed by atoms with van der Waals surface area (Å²) in [6.07, 6.45) is 0. The molecule has 4 N–H and O–H groups in total. The Morgan fingerprint density at radius 2 is 2.12 bits per heavy atom. The van der Waals surface area contributed by atoms with Gasteiger partial charge in [-0.2, -0.15) is 0 Å². The van der Waals surface area contributed by atoms with Crippen LogP contribution in [0.3, 0.4) is 0 Å². The fraction of sp³-hybridized carbons (Fsp3) is 0.462. The van der Waals surface area contributed by atoms with Crippen LogP contribution >= 0.6 is 0 Å². The van der Waals surface area contributed by atoms with E-state index in [4.69, 9.17) is 5.73 Å². The zero-order valence-corrected chi connectivity index (χ0v) is 10.7. The fourth-order valence-corrected chi connectivity index (χ4v) is 1.43. The second-order valence-electron chi connectivity index (χ2n) is 4.44. The van der Waals surface area contributed by atoms with E-state index in [-0.39, 0.29) is 5.91 Å². The predicted molar refractivity (Wildman–Crippen MR) is 72.2 cm³/mol. The summed E-state index contributed by atoms with van der Waals surface area (Å²) in [6, 6.07) is 5.29. The van der Waals surface area contributed by atoms with E-state index >= 15 is 0 Å².